The summed E-state index contributed by atoms with van der Waals surface area (Å²) >= 11 is 0. The predicted octanol–water partition coefficient (Wildman–Crippen LogP) is 1.98. The molecule has 0 bridgehead atoms. The Labute approximate surface area is 167 Å². The number of amides is 2. The number of carbonyl (C=O) groups excluding carboxylic acids is 2. The number of hydroxylamine groups is 1. The summed E-state index contributed by atoms with van der Waals surface area (Å²) in [4.78, 5) is 24.1. The highest BCUT2D eigenvalue weighted by Gasteiger charge is 2.44. The summed E-state index contributed by atoms with van der Waals surface area (Å²) in [6.07, 6.45) is -3.12. The first-order chi connectivity index (χ1) is 13.6. The van der Waals surface area contributed by atoms with Gasteiger partial charge in [-0.05, 0) is 50.2 Å². The number of hydrogen-bond acceptors (Lipinski definition) is 4. The van der Waals surface area contributed by atoms with Gasteiger partial charge in [-0.15, -0.1) is 0 Å². The van der Waals surface area contributed by atoms with Gasteiger partial charge in [0.05, 0.1) is 0 Å². The van der Waals surface area contributed by atoms with Gasteiger partial charge in [0.25, 0.3) is 18.2 Å². The maximum absolute atomic E-state index is 13.2. The second-order valence-electron chi connectivity index (χ2n) is 6.74. The largest absolute Gasteiger partial charge is 0.338 e. The van der Waals surface area contributed by atoms with Crippen molar-refractivity contribution in [2.75, 3.05) is 0 Å². The Balaban J connectivity index is 2.15. The van der Waals surface area contributed by atoms with Crippen molar-refractivity contribution in [3.8, 4) is 11.8 Å². The van der Waals surface area contributed by atoms with Gasteiger partial charge in [-0.3, -0.25) is 14.8 Å². The molecular formula is C21H21F2N3O3. The van der Waals surface area contributed by atoms with E-state index in [1.54, 1.807) is 12.1 Å². The summed E-state index contributed by atoms with van der Waals surface area (Å²) in [6.45, 7) is 2.88. The van der Waals surface area contributed by atoms with E-state index in [-0.39, 0.29) is 5.56 Å². The maximum Gasteiger partial charge on any atom is 0.268 e. The van der Waals surface area contributed by atoms with Crippen molar-refractivity contribution in [2.45, 2.75) is 31.9 Å². The van der Waals surface area contributed by atoms with Crippen LogP contribution in [0.1, 0.15) is 34.0 Å². The van der Waals surface area contributed by atoms with Crippen LogP contribution in [0.15, 0.2) is 48.5 Å². The van der Waals surface area contributed by atoms with Gasteiger partial charge < -0.3 is 11.1 Å². The van der Waals surface area contributed by atoms with Crippen molar-refractivity contribution in [1.82, 2.24) is 10.8 Å². The Hall–Kier alpha value is -3.28. The molecule has 0 aliphatic rings. The SMILES string of the molecule is Cc1ccc(C#Cc2ccc(C(=O)N[C@H](C(=O)NO)C(C)(N)C(F)F)cc2)cc1. The van der Waals surface area contributed by atoms with Gasteiger partial charge in [0.2, 0.25) is 0 Å². The quantitative estimate of drug-likeness (QED) is 0.349. The van der Waals surface area contributed by atoms with Gasteiger partial charge in [0.15, 0.2) is 0 Å². The zero-order chi connectivity index (χ0) is 21.6. The molecule has 2 amide bonds. The van der Waals surface area contributed by atoms with Crippen LogP contribution in [0.4, 0.5) is 8.78 Å². The van der Waals surface area contributed by atoms with Crippen LogP contribution in [0, 0.1) is 18.8 Å². The molecule has 1 unspecified atom stereocenters. The third-order valence-electron chi connectivity index (χ3n) is 4.29. The molecule has 2 aromatic carbocycles. The fraction of sp³-hybridized carbons (Fsp3) is 0.238. The van der Waals surface area contributed by atoms with Gasteiger partial charge in [-0.25, -0.2) is 14.3 Å². The summed E-state index contributed by atoms with van der Waals surface area (Å²) in [5.41, 5.74) is 7.06. The van der Waals surface area contributed by atoms with E-state index in [9.17, 15) is 18.4 Å². The first kappa shape index (κ1) is 22.0. The summed E-state index contributed by atoms with van der Waals surface area (Å²) < 4.78 is 26.3. The predicted molar refractivity (Wildman–Crippen MR) is 103 cm³/mol. The molecule has 0 fully saturated rings. The fourth-order valence-corrected chi connectivity index (χ4v) is 2.39. The molecule has 6 nitrogen and oxygen atoms in total. The number of rotatable bonds is 5. The molecule has 0 aliphatic carbocycles. The van der Waals surface area contributed by atoms with Gasteiger partial charge in [0, 0.05) is 16.7 Å². The summed E-state index contributed by atoms with van der Waals surface area (Å²) in [5.74, 6) is 3.91. The lowest BCUT2D eigenvalue weighted by molar-refractivity contribution is -0.134. The third kappa shape index (κ3) is 5.60. The van der Waals surface area contributed by atoms with Crippen molar-refractivity contribution < 1.29 is 23.6 Å². The lowest BCUT2D eigenvalue weighted by Crippen LogP contribution is -2.66. The molecule has 2 aromatic rings. The molecule has 0 aliphatic heterocycles. The van der Waals surface area contributed by atoms with Crippen molar-refractivity contribution in [2.24, 2.45) is 5.73 Å². The third-order valence-corrected chi connectivity index (χ3v) is 4.29. The number of aryl methyl sites for hydroxylation is 1. The monoisotopic (exact) mass is 401 g/mol. The number of alkyl halides is 2. The van der Waals surface area contributed by atoms with E-state index in [1.165, 1.54) is 17.6 Å². The highest BCUT2D eigenvalue weighted by atomic mass is 19.3. The topological polar surface area (TPSA) is 104 Å². The maximum atomic E-state index is 13.2. The zero-order valence-corrected chi connectivity index (χ0v) is 15.9. The lowest BCUT2D eigenvalue weighted by Gasteiger charge is -2.32. The van der Waals surface area contributed by atoms with Crippen LogP contribution < -0.4 is 16.5 Å². The van der Waals surface area contributed by atoms with Crippen LogP contribution >= 0.6 is 0 Å². The number of halogens is 2. The molecule has 29 heavy (non-hydrogen) atoms. The molecule has 0 saturated heterocycles. The van der Waals surface area contributed by atoms with Crippen molar-refractivity contribution in [3.63, 3.8) is 0 Å². The number of benzene rings is 2. The molecule has 2 rings (SSSR count). The number of hydrogen-bond donors (Lipinski definition) is 4. The molecule has 152 valence electrons. The van der Waals surface area contributed by atoms with Gasteiger partial charge in [-0.2, -0.15) is 0 Å². The lowest BCUT2D eigenvalue weighted by atomic mass is 9.92. The molecule has 5 N–H and O–H groups in total. The van der Waals surface area contributed by atoms with E-state index in [0.717, 1.165) is 18.1 Å². The molecule has 0 heterocycles. The average Bonchev–Trinajstić information content (AvgIpc) is 2.71. The molecule has 0 aromatic heterocycles. The highest BCUT2D eigenvalue weighted by Crippen LogP contribution is 2.18. The van der Waals surface area contributed by atoms with Crippen LogP contribution in [0.2, 0.25) is 0 Å². The van der Waals surface area contributed by atoms with Crippen LogP contribution in [0.3, 0.4) is 0 Å². The molecule has 2 atom stereocenters. The zero-order valence-electron chi connectivity index (χ0n) is 15.9. The van der Waals surface area contributed by atoms with E-state index in [1.807, 2.05) is 31.2 Å². The molecule has 0 radical (unpaired) electrons. The second kappa shape index (κ2) is 9.28. The fourth-order valence-electron chi connectivity index (χ4n) is 2.39. The normalized spacial score (nSPS) is 13.6. The molecule has 8 heteroatoms. The first-order valence-electron chi connectivity index (χ1n) is 8.65. The van der Waals surface area contributed by atoms with E-state index in [4.69, 9.17) is 10.9 Å². The summed E-state index contributed by atoms with van der Waals surface area (Å²) in [6, 6.07) is 11.9. The van der Waals surface area contributed by atoms with Crippen LogP contribution in [0.25, 0.3) is 0 Å². The second-order valence-corrected chi connectivity index (χ2v) is 6.74. The Morgan fingerprint density at radius 2 is 1.52 bits per heavy atom. The van der Waals surface area contributed by atoms with E-state index < -0.39 is 29.8 Å². The van der Waals surface area contributed by atoms with E-state index >= 15 is 0 Å². The Morgan fingerprint density at radius 1 is 1.03 bits per heavy atom. The Kier molecular flexibility index (Phi) is 7.04. The van der Waals surface area contributed by atoms with E-state index in [0.29, 0.717) is 5.56 Å². The summed E-state index contributed by atoms with van der Waals surface area (Å²) in [5, 5.41) is 10.9. The first-order valence-corrected chi connectivity index (χ1v) is 8.65. The molecule has 0 saturated carbocycles. The number of carbonyl (C=O) groups is 2. The van der Waals surface area contributed by atoms with Crippen LogP contribution in [0.5, 0.6) is 0 Å². The number of nitrogens with two attached hydrogens (primary N) is 1. The summed E-state index contributed by atoms with van der Waals surface area (Å²) in [7, 11) is 0. The van der Waals surface area contributed by atoms with Gasteiger partial charge in [0.1, 0.15) is 11.6 Å². The van der Waals surface area contributed by atoms with Crippen molar-refractivity contribution in [1.29, 1.82) is 0 Å². The Bertz CT molecular complexity index is 930. The van der Waals surface area contributed by atoms with Crippen LogP contribution in [-0.2, 0) is 4.79 Å². The van der Waals surface area contributed by atoms with Crippen molar-refractivity contribution >= 4 is 11.8 Å². The molecular weight excluding hydrogens is 380 g/mol. The van der Waals surface area contributed by atoms with Gasteiger partial charge in [-0.1, -0.05) is 29.5 Å². The van der Waals surface area contributed by atoms with Crippen molar-refractivity contribution in [3.05, 3.63) is 70.8 Å². The minimum atomic E-state index is -3.12. The van der Waals surface area contributed by atoms with Gasteiger partial charge >= 0.3 is 0 Å². The Morgan fingerprint density at radius 3 is 1.97 bits per heavy atom. The minimum absolute atomic E-state index is 0.117. The number of nitrogens with one attached hydrogen (secondary N) is 2. The highest BCUT2D eigenvalue weighted by molar-refractivity contribution is 5.98. The average molecular weight is 401 g/mol. The van der Waals surface area contributed by atoms with E-state index in [2.05, 4.69) is 17.2 Å². The molecule has 0 spiro atoms. The minimum Gasteiger partial charge on any atom is -0.338 e. The van der Waals surface area contributed by atoms with Crippen LogP contribution in [-0.4, -0.2) is 35.0 Å². The smallest absolute Gasteiger partial charge is 0.268 e. The standard InChI is InChI=1S/C21H21F2N3O3/c1-13-3-5-14(6-4-13)7-8-15-9-11-16(12-10-15)18(27)25-17(19(28)26-29)21(2,24)20(22)23/h3-6,9-12,17,20,29H,24H2,1-2H3,(H,25,27)(H,26,28)/t17-,21?/m1/s1.